The highest BCUT2D eigenvalue weighted by Crippen LogP contribution is 2.31. The van der Waals surface area contributed by atoms with Crippen LogP contribution in [-0.2, 0) is 11.3 Å². The monoisotopic (exact) mass is 349 g/mol. The van der Waals surface area contributed by atoms with E-state index in [0.717, 1.165) is 18.4 Å². The molecule has 132 valence electrons. The number of amides is 1. The summed E-state index contributed by atoms with van der Waals surface area (Å²) >= 11 is 0. The largest absolute Gasteiger partial charge is 0.277 e. The van der Waals surface area contributed by atoms with Crippen molar-refractivity contribution in [2.24, 2.45) is 5.92 Å². The molecule has 0 radical (unpaired) electrons. The van der Waals surface area contributed by atoms with Crippen LogP contribution in [0.25, 0.3) is 11.2 Å². The Kier molecular flexibility index (Phi) is 4.20. The number of carbonyl (C=O) groups is 2. The molecule has 1 unspecified atom stereocenters. The quantitative estimate of drug-likeness (QED) is 0.662. The minimum atomic E-state index is -0.691. The highest BCUT2D eigenvalue weighted by atomic mass is 16.2. The van der Waals surface area contributed by atoms with Crippen molar-refractivity contribution in [1.29, 1.82) is 0 Å². The van der Waals surface area contributed by atoms with Crippen LogP contribution in [0.15, 0.2) is 42.9 Å². The Morgan fingerprint density at radius 3 is 2.69 bits per heavy atom. The molecular weight excluding hydrogens is 330 g/mol. The van der Waals surface area contributed by atoms with E-state index in [1.54, 1.807) is 11.1 Å². The fourth-order valence-electron chi connectivity index (χ4n) is 3.33. The summed E-state index contributed by atoms with van der Waals surface area (Å²) < 4.78 is 1.50. The molecule has 0 bridgehead atoms. The van der Waals surface area contributed by atoms with E-state index >= 15 is 0 Å². The molecule has 1 amide bonds. The second kappa shape index (κ2) is 6.67. The summed E-state index contributed by atoms with van der Waals surface area (Å²) in [5, 5.41) is 0. The predicted molar refractivity (Wildman–Crippen MR) is 96.6 cm³/mol. The van der Waals surface area contributed by atoms with E-state index in [2.05, 4.69) is 15.0 Å². The standard InChI is InChI=1S/C19H19N5O2/c1-2-3-9-14-17(25)23(11-13-7-5-4-6-8-13)19-22-16-15(10-20-12-21-16)24(19)18(14)26/h4-8,10,12,14H,2-3,9,11H2,1H3. The second-order valence-corrected chi connectivity index (χ2v) is 6.42. The minimum Gasteiger partial charge on any atom is -0.277 e. The number of imidazole rings is 1. The van der Waals surface area contributed by atoms with Crippen molar-refractivity contribution in [1.82, 2.24) is 19.5 Å². The lowest BCUT2D eigenvalue weighted by Gasteiger charge is -2.31. The first-order chi connectivity index (χ1) is 12.7. The maximum Gasteiger partial charge on any atom is 0.246 e. The lowest BCUT2D eigenvalue weighted by molar-refractivity contribution is -0.122. The average Bonchev–Trinajstić information content (AvgIpc) is 3.05. The number of rotatable bonds is 5. The molecule has 4 rings (SSSR count). The summed E-state index contributed by atoms with van der Waals surface area (Å²) in [4.78, 5) is 40.3. The van der Waals surface area contributed by atoms with Gasteiger partial charge in [0.05, 0.1) is 12.7 Å². The number of anilines is 1. The molecule has 0 saturated carbocycles. The van der Waals surface area contributed by atoms with Gasteiger partial charge in [0.1, 0.15) is 17.8 Å². The number of aromatic nitrogens is 4. The van der Waals surface area contributed by atoms with Gasteiger partial charge in [-0.25, -0.2) is 14.5 Å². The maximum atomic E-state index is 13.1. The van der Waals surface area contributed by atoms with Crippen molar-refractivity contribution < 1.29 is 9.59 Å². The third-order valence-corrected chi connectivity index (χ3v) is 4.67. The highest BCUT2D eigenvalue weighted by Gasteiger charge is 2.41. The first kappa shape index (κ1) is 16.4. The van der Waals surface area contributed by atoms with Crippen LogP contribution >= 0.6 is 0 Å². The number of hydrogen-bond donors (Lipinski definition) is 0. The molecule has 26 heavy (non-hydrogen) atoms. The summed E-state index contributed by atoms with van der Waals surface area (Å²) in [5.74, 6) is -0.793. The van der Waals surface area contributed by atoms with E-state index in [0.29, 0.717) is 30.1 Å². The second-order valence-electron chi connectivity index (χ2n) is 6.42. The van der Waals surface area contributed by atoms with Crippen LogP contribution in [0.3, 0.4) is 0 Å². The molecule has 0 aliphatic carbocycles. The van der Waals surface area contributed by atoms with Crippen molar-refractivity contribution >= 4 is 28.9 Å². The molecule has 0 N–H and O–H groups in total. The van der Waals surface area contributed by atoms with Crippen LogP contribution in [0.4, 0.5) is 5.95 Å². The lowest BCUT2D eigenvalue weighted by Crippen LogP contribution is -2.47. The van der Waals surface area contributed by atoms with Crippen LogP contribution in [0, 0.1) is 5.92 Å². The molecule has 3 aromatic rings. The van der Waals surface area contributed by atoms with Crippen molar-refractivity contribution in [3.63, 3.8) is 0 Å². The van der Waals surface area contributed by atoms with Crippen molar-refractivity contribution in [3.8, 4) is 0 Å². The number of unbranched alkanes of at least 4 members (excludes halogenated alkanes) is 1. The molecule has 0 saturated heterocycles. The van der Waals surface area contributed by atoms with Gasteiger partial charge in [-0.05, 0) is 12.0 Å². The van der Waals surface area contributed by atoms with Crippen LogP contribution in [0.5, 0.6) is 0 Å². The molecule has 2 aromatic heterocycles. The number of benzene rings is 1. The molecule has 1 atom stereocenters. The fraction of sp³-hybridized carbons (Fsp3) is 0.316. The molecule has 1 aliphatic rings. The highest BCUT2D eigenvalue weighted by molar-refractivity contribution is 6.14. The van der Waals surface area contributed by atoms with Crippen LogP contribution < -0.4 is 4.90 Å². The van der Waals surface area contributed by atoms with Gasteiger partial charge in [-0.15, -0.1) is 0 Å². The first-order valence-electron chi connectivity index (χ1n) is 8.78. The maximum absolute atomic E-state index is 13.1. The van der Waals surface area contributed by atoms with E-state index < -0.39 is 5.92 Å². The topological polar surface area (TPSA) is 81.0 Å². The van der Waals surface area contributed by atoms with E-state index in [1.165, 1.54) is 10.9 Å². The summed E-state index contributed by atoms with van der Waals surface area (Å²) in [5.41, 5.74) is 1.94. The third kappa shape index (κ3) is 2.65. The zero-order chi connectivity index (χ0) is 18.1. The lowest BCUT2D eigenvalue weighted by atomic mass is 9.97. The Bertz CT molecular complexity index is 966. The normalized spacial score (nSPS) is 17.0. The van der Waals surface area contributed by atoms with E-state index in [-0.39, 0.29) is 11.8 Å². The van der Waals surface area contributed by atoms with Gasteiger partial charge >= 0.3 is 0 Å². The number of hydrogen-bond acceptors (Lipinski definition) is 5. The molecule has 3 heterocycles. The van der Waals surface area contributed by atoms with Gasteiger partial charge in [0, 0.05) is 0 Å². The van der Waals surface area contributed by atoms with Crippen molar-refractivity contribution in [3.05, 3.63) is 48.4 Å². The summed E-state index contributed by atoms with van der Waals surface area (Å²) in [7, 11) is 0. The summed E-state index contributed by atoms with van der Waals surface area (Å²) in [6.07, 6.45) is 5.25. The van der Waals surface area contributed by atoms with Crippen molar-refractivity contribution in [2.75, 3.05) is 4.90 Å². The van der Waals surface area contributed by atoms with Gasteiger partial charge in [0.2, 0.25) is 17.8 Å². The molecule has 1 aromatic carbocycles. The van der Waals surface area contributed by atoms with Crippen LogP contribution in [-0.4, -0.2) is 31.3 Å². The van der Waals surface area contributed by atoms with Gasteiger partial charge < -0.3 is 0 Å². The van der Waals surface area contributed by atoms with Crippen LogP contribution in [0.2, 0.25) is 0 Å². The summed E-state index contributed by atoms with van der Waals surface area (Å²) in [6.45, 7) is 2.41. The van der Waals surface area contributed by atoms with Gasteiger partial charge in [-0.2, -0.15) is 4.98 Å². The Labute approximate surface area is 150 Å². The Morgan fingerprint density at radius 1 is 1.12 bits per heavy atom. The third-order valence-electron chi connectivity index (χ3n) is 4.67. The van der Waals surface area contributed by atoms with E-state index in [1.807, 2.05) is 37.3 Å². The fourth-order valence-corrected chi connectivity index (χ4v) is 3.33. The zero-order valence-corrected chi connectivity index (χ0v) is 14.5. The SMILES string of the molecule is CCCCC1C(=O)N(Cc2ccccc2)c2nc3ncncc3n2C1=O. The van der Waals surface area contributed by atoms with Gasteiger partial charge in [0.25, 0.3) is 0 Å². The Morgan fingerprint density at radius 2 is 1.92 bits per heavy atom. The van der Waals surface area contributed by atoms with Gasteiger partial charge in [-0.1, -0.05) is 50.1 Å². The smallest absolute Gasteiger partial charge is 0.246 e. The minimum absolute atomic E-state index is 0.192. The Balaban J connectivity index is 1.83. The molecule has 0 fully saturated rings. The molecule has 1 aliphatic heterocycles. The predicted octanol–water partition coefficient (Wildman–Crippen LogP) is 2.82. The molecule has 0 spiro atoms. The number of carbonyl (C=O) groups excluding carboxylic acids is 2. The number of nitrogens with zero attached hydrogens (tertiary/aromatic N) is 5. The van der Waals surface area contributed by atoms with Gasteiger partial charge in [0.15, 0.2) is 5.65 Å². The van der Waals surface area contributed by atoms with E-state index in [4.69, 9.17) is 0 Å². The van der Waals surface area contributed by atoms with Crippen molar-refractivity contribution in [2.45, 2.75) is 32.7 Å². The average molecular weight is 349 g/mol. The number of fused-ring (bicyclic) bond motifs is 3. The van der Waals surface area contributed by atoms with Gasteiger partial charge in [-0.3, -0.25) is 14.5 Å². The molecule has 7 heteroatoms. The molecular formula is C19H19N5O2. The molecule has 7 nitrogen and oxygen atoms in total. The van der Waals surface area contributed by atoms with E-state index in [9.17, 15) is 9.59 Å². The zero-order valence-electron chi connectivity index (χ0n) is 14.5. The first-order valence-corrected chi connectivity index (χ1v) is 8.78. The summed E-state index contributed by atoms with van der Waals surface area (Å²) in [6, 6.07) is 9.70. The van der Waals surface area contributed by atoms with Crippen LogP contribution in [0.1, 0.15) is 36.5 Å². The Hall–Kier alpha value is -3.09.